The molecular formula is C40H44N2O4. The van der Waals surface area contributed by atoms with Gasteiger partial charge in [-0.3, -0.25) is 4.79 Å². The zero-order valence-electron chi connectivity index (χ0n) is 26.5. The normalized spacial score (nSPS) is 21.0. The summed E-state index contributed by atoms with van der Waals surface area (Å²) in [5.41, 5.74) is 8.35. The van der Waals surface area contributed by atoms with Crippen molar-refractivity contribution in [1.29, 1.82) is 0 Å². The van der Waals surface area contributed by atoms with Gasteiger partial charge in [0.15, 0.2) is 0 Å². The number of rotatable bonds is 11. The highest BCUT2D eigenvalue weighted by molar-refractivity contribution is 5.98. The number of phenols is 1. The quantitative estimate of drug-likeness (QED) is 0.178. The lowest BCUT2D eigenvalue weighted by molar-refractivity contribution is 0.0000908. The van der Waals surface area contributed by atoms with E-state index in [-0.39, 0.29) is 17.9 Å². The van der Waals surface area contributed by atoms with Gasteiger partial charge in [-0.25, -0.2) is 0 Å². The number of hydrogen-bond acceptors (Lipinski definition) is 5. The molecule has 4 aromatic carbocycles. The van der Waals surface area contributed by atoms with Crippen LogP contribution in [0, 0.1) is 0 Å². The van der Waals surface area contributed by atoms with E-state index in [1.807, 2.05) is 18.2 Å². The third-order valence-corrected chi connectivity index (χ3v) is 10.0. The van der Waals surface area contributed by atoms with E-state index in [2.05, 4.69) is 83.0 Å². The van der Waals surface area contributed by atoms with Crippen molar-refractivity contribution in [3.63, 3.8) is 0 Å². The molecule has 2 heterocycles. The number of aryl methyl sites for hydroxylation is 1. The summed E-state index contributed by atoms with van der Waals surface area (Å²) >= 11 is 0. The van der Waals surface area contributed by atoms with Crippen LogP contribution in [-0.2, 0) is 24.1 Å². The van der Waals surface area contributed by atoms with E-state index in [9.17, 15) is 9.90 Å². The van der Waals surface area contributed by atoms with Crippen molar-refractivity contribution in [2.24, 2.45) is 0 Å². The van der Waals surface area contributed by atoms with Crippen molar-refractivity contribution in [1.82, 2.24) is 10.2 Å². The fourth-order valence-electron chi connectivity index (χ4n) is 7.66. The third-order valence-electron chi connectivity index (χ3n) is 10.0. The second-order valence-corrected chi connectivity index (χ2v) is 13.0. The number of carbonyl (C=O) groups is 1. The number of aromatic hydroxyl groups is 1. The summed E-state index contributed by atoms with van der Waals surface area (Å²) in [4.78, 5) is 14.3. The first-order chi connectivity index (χ1) is 22.6. The van der Waals surface area contributed by atoms with Crippen LogP contribution in [0.4, 0.5) is 0 Å². The average molecular weight is 617 g/mol. The predicted octanol–water partition coefficient (Wildman–Crippen LogP) is 6.99. The standard InChI is InChI=1S/C40H44N2O4/c43-33-13-18-37-31(25-33)12-17-36(29-6-2-1-3-7-29)39(37)30-10-14-34(15-11-30)45-22-5-21-42-20-4-8-35(27-42)46-23-19-28-9-16-38-32(24-28)26-41-40(38)44/h1-3,6-7,9-11,13-16,18,24-25,35-36,39,43H,4-5,8,12,17,19-23,26-27H2,(H,41,44). The molecule has 7 rings (SSSR count). The number of likely N-dealkylation sites (tertiary alicyclic amines) is 1. The van der Waals surface area contributed by atoms with E-state index in [0.29, 0.717) is 31.4 Å². The van der Waals surface area contributed by atoms with Crippen LogP contribution in [0.15, 0.2) is 91.0 Å². The summed E-state index contributed by atoms with van der Waals surface area (Å²) < 4.78 is 12.5. The zero-order valence-corrected chi connectivity index (χ0v) is 26.5. The molecule has 6 heteroatoms. The van der Waals surface area contributed by atoms with Crippen LogP contribution in [0.25, 0.3) is 0 Å². The number of nitrogens with one attached hydrogen (secondary N) is 1. The number of amides is 1. The molecule has 1 fully saturated rings. The van der Waals surface area contributed by atoms with Crippen LogP contribution in [-0.4, -0.2) is 54.9 Å². The summed E-state index contributed by atoms with van der Waals surface area (Å²) in [6.07, 6.45) is 6.42. The Morgan fingerprint density at radius 3 is 2.61 bits per heavy atom. The van der Waals surface area contributed by atoms with Crippen molar-refractivity contribution >= 4 is 5.91 Å². The molecule has 238 valence electrons. The van der Waals surface area contributed by atoms with Crippen molar-refractivity contribution in [2.75, 3.05) is 32.8 Å². The van der Waals surface area contributed by atoms with E-state index in [4.69, 9.17) is 9.47 Å². The van der Waals surface area contributed by atoms with Crippen molar-refractivity contribution in [2.45, 2.75) is 63.0 Å². The van der Waals surface area contributed by atoms with E-state index in [1.54, 1.807) is 0 Å². The fourth-order valence-corrected chi connectivity index (χ4v) is 7.66. The van der Waals surface area contributed by atoms with Crippen molar-refractivity contribution in [3.05, 3.63) is 130 Å². The van der Waals surface area contributed by atoms with Gasteiger partial charge in [0.25, 0.3) is 5.91 Å². The average Bonchev–Trinajstić information content (AvgIpc) is 3.46. The molecule has 0 bridgehead atoms. The summed E-state index contributed by atoms with van der Waals surface area (Å²) in [6.45, 7) is 5.12. The van der Waals surface area contributed by atoms with E-state index in [1.165, 1.54) is 27.8 Å². The Hall–Kier alpha value is -4.13. The molecule has 46 heavy (non-hydrogen) atoms. The Morgan fingerprint density at radius 1 is 0.870 bits per heavy atom. The lowest BCUT2D eigenvalue weighted by Gasteiger charge is -2.35. The molecule has 1 amide bonds. The Labute approximate surface area is 272 Å². The SMILES string of the molecule is O=C1NCc2cc(CCOC3CCCN(CCCOc4ccc(C5c6ccc(O)cc6CCC5c5ccccc5)cc4)C3)ccc21. The monoisotopic (exact) mass is 616 g/mol. The van der Waals surface area contributed by atoms with Crippen LogP contribution < -0.4 is 10.1 Å². The molecule has 0 saturated carbocycles. The second kappa shape index (κ2) is 14.1. The Morgan fingerprint density at radius 2 is 1.74 bits per heavy atom. The Kier molecular flexibility index (Phi) is 9.36. The Balaban J connectivity index is 0.886. The number of piperidine rings is 1. The van der Waals surface area contributed by atoms with Gasteiger partial charge in [0, 0.05) is 31.1 Å². The Bertz CT molecular complexity index is 1640. The fraction of sp³-hybridized carbons (Fsp3) is 0.375. The highest BCUT2D eigenvalue weighted by Crippen LogP contribution is 2.47. The minimum atomic E-state index is 0.0323. The van der Waals surface area contributed by atoms with Crippen LogP contribution in [0.1, 0.15) is 81.3 Å². The van der Waals surface area contributed by atoms with E-state index < -0.39 is 0 Å². The van der Waals surface area contributed by atoms with E-state index in [0.717, 1.165) is 75.0 Å². The van der Waals surface area contributed by atoms with Crippen molar-refractivity contribution < 1.29 is 19.4 Å². The van der Waals surface area contributed by atoms with Crippen LogP contribution in [0.5, 0.6) is 11.5 Å². The lowest BCUT2D eigenvalue weighted by Crippen LogP contribution is -2.40. The third kappa shape index (κ3) is 6.98. The molecule has 6 nitrogen and oxygen atoms in total. The smallest absolute Gasteiger partial charge is 0.251 e. The van der Waals surface area contributed by atoms with E-state index >= 15 is 0 Å². The summed E-state index contributed by atoms with van der Waals surface area (Å²) in [5.74, 6) is 1.92. The molecule has 1 aliphatic carbocycles. The molecular weight excluding hydrogens is 572 g/mol. The number of fused-ring (bicyclic) bond motifs is 2. The molecule has 0 radical (unpaired) electrons. The van der Waals surface area contributed by atoms with Crippen LogP contribution in [0.3, 0.4) is 0 Å². The topological polar surface area (TPSA) is 71.0 Å². The molecule has 2 N–H and O–H groups in total. The first-order valence-electron chi connectivity index (χ1n) is 16.9. The van der Waals surface area contributed by atoms with Crippen molar-refractivity contribution in [3.8, 4) is 11.5 Å². The largest absolute Gasteiger partial charge is 0.508 e. The molecule has 3 atom stereocenters. The first kappa shape index (κ1) is 30.5. The summed E-state index contributed by atoms with van der Waals surface area (Å²) in [6, 6.07) is 31.5. The van der Waals surface area contributed by atoms with Gasteiger partial charge in [0.1, 0.15) is 11.5 Å². The predicted molar refractivity (Wildman–Crippen MR) is 181 cm³/mol. The minimum absolute atomic E-state index is 0.0323. The molecule has 0 spiro atoms. The maximum Gasteiger partial charge on any atom is 0.251 e. The van der Waals surface area contributed by atoms with Gasteiger partial charge < -0.3 is 24.8 Å². The lowest BCUT2D eigenvalue weighted by atomic mass is 9.69. The number of benzene rings is 4. The maximum absolute atomic E-state index is 11.8. The van der Waals surface area contributed by atoms with Gasteiger partial charge in [-0.1, -0.05) is 60.7 Å². The number of carbonyl (C=O) groups excluding carboxylic acids is 1. The molecule has 4 aromatic rings. The van der Waals surface area contributed by atoms with Crippen LogP contribution >= 0.6 is 0 Å². The van der Waals surface area contributed by atoms with Gasteiger partial charge >= 0.3 is 0 Å². The van der Waals surface area contributed by atoms with Gasteiger partial charge in [-0.2, -0.15) is 0 Å². The molecule has 3 unspecified atom stereocenters. The highest BCUT2D eigenvalue weighted by atomic mass is 16.5. The summed E-state index contributed by atoms with van der Waals surface area (Å²) in [5, 5.41) is 13.0. The number of ether oxygens (including phenoxy) is 2. The van der Waals surface area contributed by atoms with Gasteiger partial charge in [0.05, 0.1) is 19.3 Å². The number of phenolic OH excluding ortho intramolecular Hbond substituents is 1. The van der Waals surface area contributed by atoms with Gasteiger partial charge in [0.2, 0.25) is 0 Å². The van der Waals surface area contributed by atoms with Gasteiger partial charge in [-0.15, -0.1) is 0 Å². The maximum atomic E-state index is 11.8. The summed E-state index contributed by atoms with van der Waals surface area (Å²) in [7, 11) is 0. The molecule has 1 saturated heterocycles. The first-order valence-corrected chi connectivity index (χ1v) is 16.9. The zero-order chi connectivity index (χ0) is 31.3. The molecule has 2 aliphatic heterocycles. The minimum Gasteiger partial charge on any atom is -0.508 e. The van der Waals surface area contributed by atoms with Crippen LogP contribution in [0.2, 0.25) is 0 Å². The second-order valence-electron chi connectivity index (χ2n) is 13.0. The molecule has 3 aliphatic rings. The highest BCUT2D eigenvalue weighted by Gasteiger charge is 2.32. The number of nitrogens with zero attached hydrogens (tertiary/aromatic N) is 1. The van der Waals surface area contributed by atoms with Gasteiger partial charge in [-0.05, 0) is 115 Å². The molecule has 0 aromatic heterocycles. The number of hydrogen-bond donors (Lipinski definition) is 2.